The van der Waals surface area contributed by atoms with Crippen molar-refractivity contribution in [3.05, 3.63) is 84.2 Å². The van der Waals surface area contributed by atoms with Gasteiger partial charge in [0.25, 0.3) is 5.91 Å². The van der Waals surface area contributed by atoms with Gasteiger partial charge in [-0.25, -0.2) is 14.4 Å². The lowest BCUT2D eigenvalue weighted by Gasteiger charge is -2.29. The smallest absolute Gasteiger partial charge is 0.266 e. The van der Waals surface area contributed by atoms with E-state index < -0.39 is 35.7 Å². The summed E-state index contributed by atoms with van der Waals surface area (Å²) >= 11 is 0. The maximum Gasteiger partial charge on any atom is 0.266 e. The van der Waals surface area contributed by atoms with Crippen LogP contribution in [0.2, 0.25) is 0 Å². The summed E-state index contributed by atoms with van der Waals surface area (Å²) in [7, 11) is 0. The second kappa shape index (κ2) is 10.6. The first-order valence-corrected chi connectivity index (χ1v) is 12.6. The Morgan fingerprint density at radius 1 is 0.865 bits per heavy atom. The number of ether oxygens (including phenoxy) is 2. The highest BCUT2D eigenvalue weighted by molar-refractivity contribution is 6.23. The molecule has 2 amide bonds. The van der Waals surface area contributed by atoms with Crippen LogP contribution < -0.4 is 19.4 Å². The minimum absolute atomic E-state index is 0.188. The molecule has 0 spiro atoms. The molecule has 0 N–H and O–H groups in total. The minimum atomic E-state index is -1.04. The van der Waals surface area contributed by atoms with Crippen LogP contribution in [0.3, 0.4) is 0 Å². The van der Waals surface area contributed by atoms with Gasteiger partial charge in [-0.1, -0.05) is 43.7 Å². The highest BCUT2D eigenvalue weighted by atomic mass is 19.1. The van der Waals surface area contributed by atoms with Crippen molar-refractivity contribution in [2.75, 3.05) is 23.2 Å². The quantitative estimate of drug-likeness (QED) is 0.285. The van der Waals surface area contributed by atoms with Crippen LogP contribution in [-0.2, 0) is 14.4 Å². The normalized spacial score (nSPS) is 20.9. The fourth-order valence-electron chi connectivity index (χ4n) is 4.84. The van der Waals surface area contributed by atoms with Crippen molar-refractivity contribution in [3.8, 4) is 11.5 Å². The van der Waals surface area contributed by atoms with E-state index in [-0.39, 0.29) is 5.69 Å². The van der Waals surface area contributed by atoms with Crippen LogP contribution in [-0.4, -0.2) is 31.1 Å². The lowest BCUT2D eigenvalue weighted by Crippen LogP contribution is -2.37. The Morgan fingerprint density at radius 3 is 2.38 bits per heavy atom. The molecule has 192 valence electrons. The van der Waals surface area contributed by atoms with Crippen molar-refractivity contribution >= 4 is 23.2 Å². The number of benzene rings is 3. The van der Waals surface area contributed by atoms with Gasteiger partial charge in [-0.15, -0.1) is 0 Å². The number of hydrogen-bond acceptors (Lipinski definition) is 6. The van der Waals surface area contributed by atoms with E-state index in [4.69, 9.17) is 14.3 Å². The van der Waals surface area contributed by atoms with Crippen LogP contribution in [0.25, 0.3) is 0 Å². The average Bonchev–Trinajstić information content (AvgIpc) is 3.41. The third-order valence-corrected chi connectivity index (χ3v) is 6.56. The lowest BCUT2D eigenvalue weighted by molar-refractivity contribution is -0.126. The van der Waals surface area contributed by atoms with E-state index in [1.54, 1.807) is 11.1 Å². The van der Waals surface area contributed by atoms with Crippen LogP contribution in [0.1, 0.15) is 38.3 Å². The molecule has 2 saturated heterocycles. The van der Waals surface area contributed by atoms with Crippen molar-refractivity contribution in [1.29, 1.82) is 0 Å². The Bertz CT molecular complexity index is 1280. The Balaban J connectivity index is 1.55. The first kappa shape index (κ1) is 24.8. The van der Waals surface area contributed by atoms with E-state index in [2.05, 4.69) is 6.92 Å². The standard InChI is InChI=1S/C29H29FN2O5/c1-3-5-16-36-23-15-14-19(17-24(23)35-4-2)26-25-27(37-32(26)21-11-7-6-8-12-21)29(34)31(28(25)33)22-13-9-10-20(30)18-22/h6-15,17-18,25-27H,3-5,16H2,1-2H3/t25-,26-,27+/m0/s1. The van der Waals surface area contributed by atoms with Crippen LogP contribution in [0.15, 0.2) is 72.8 Å². The maximum absolute atomic E-state index is 13.9. The summed E-state index contributed by atoms with van der Waals surface area (Å²) in [5, 5.41) is 1.62. The highest BCUT2D eigenvalue weighted by Crippen LogP contribution is 2.48. The fraction of sp³-hybridized carbons (Fsp3) is 0.310. The number of fused-ring (bicyclic) bond motifs is 1. The van der Waals surface area contributed by atoms with Gasteiger partial charge in [-0.3, -0.25) is 14.4 Å². The summed E-state index contributed by atoms with van der Waals surface area (Å²) in [4.78, 5) is 34.4. The predicted octanol–water partition coefficient (Wildman–Crippen LogP) is 5.45. The second-order valence-electron chi connectivity index (χ2n) is 8.99. The minimum Gasteiger partial charge on any atom is -0.490 e. The molecular weight excluding hydrogens is 475 g/mol. The van der Waals surface area contributed by atoms with Crippen molar-refractivity contribution in [2.24, 2.45) is 5.92 Å². The van der Waals surface area contributed by atoms with Gasteiger partial charge < -0.3 is 9.47 Å². The first-order chi connectivity index (χ1) is 18.0. The number of carbonyl (C=O) groups excluding carboxylic acids is 2. The molecule has 0 aromatic heterocycles. The number of imide groups is 1. The zero-order valence-corrected chi connectivity index (χ0v) is 20.8. The highest BCUT2D eigenvalue weighted by Gasteiger charge is 2.60. The number of amides is 2. The molecule has 0 bridgehead atoms. The van der Waals surface area contributed by atoms with Crippen molar-refractivity contribution in [1.82, 2.24) is 0 Å². The maximum atomic E-state index is 13.9. The summed E-state index contributed by atoms with van der Waals surface area (Å²) in [5.74, 6) is -1.14. The molecule has 8 heteroatoms. The topological polar surface area (TPSA) is 68.3 Å². The molecule has 3 aromatic carbocycles. The van der Waals surface area contributed by atoms with Crippen LogP contribution >= 0.6 is 0 Å². The number of hydrogen-bond donors (Lipinski definition) is 0. The summed E-state index contributed by atoms with van der Waals surface area (Å²) in [6.07, 6.45) is 0.883. The number of rotatable bonds is 9. The monoisotopic (exact) mass is 504 g/mol. The number of halogens is 1. The molecule has 2 fully saturated rings. The van der Waals surface area contributed by atoms with Gasteiger partial charge >= 0.3 is 0 Å². The SMILES string of the molecule is CCCCOc1ccc([C@H]2[C@@H]3C(=O)N(c4cccc(F)c4)C(=O)[C@@H]3ON2c2ccccc2)cc1OCC. The van der Waals surface area contributed by atoms with Gasteiger partial charge in [0.1, 0.15) is 11.7 Å². The fourth-order valence-corrected chi connectivity index (χ4v) is 4.84. The number of para-hydroxylation sites is 1. The van der Waals surface area contributed by atoms with E-state index in [9.17, 15) is 14.0 Å². The van der Waals surface area contributed by atoms with Crippen molar-refractivity contribution < 1.29 is 28.3 Å². The largest absolute Gasteiger partial charge is 0.490 e. The van der Waals surface area contributed by atoms with Gasteiger partial charge in [-0.2, -0.15) is 0 Å². The van der Waals surface area contributed by atoms with E-state index in [0.717, 1.165) is 23.3 Å². The number of nitrogens with zero attached hydrogens (tertiary/aromatic N) is 2. The summed E-state index contributed by atoms with van der Waals surface area (Å²) < 4.78 is 25.8. The molecule has 3 aromatic rings. The Labute approximate surface area is 215 Å². The Hall–Kier alpha value is -3.91. The van der Waals surface area contributed by atoms with Gasteiger partial charge in [0, 0.05) is 0 Å². The van der Waals surface area contributed by atoms with Crippen molar-refractivity contribution in [2.45, 2.75) is 38.8 Å². The van der Waals surface area contributed by atoms with E-state index >= 15 is 0 Å². The van der Waals surface area contributed by atoms with E-state index in [1.807, 2.05) is 55.5 Å². The second-order valence-corrected chi connectivity index (χ2v) is 8.99. The van der Waals surface area contributed by atoms with Gasteiger partial charge in [0.05, 0.1) is 30.6 Å². The Kier molecular flexibility index (Phi) is 7.10. The summed E-state index contributed by atoms with van der Waals surface area (Å²) in [6.45, 7) is 4.99. The molecule has 2 heterocycles. The third-order valence-electron chi connectivity index (χ3n) is 6.56. The number of hydroxylamine groups is 1. The molecule has 2 aliphatic heterocycles. The molecular formula is C29H29FN2O5. The van der Waals surface area contributed by atoms with Crippen LogP contribution in [0.4, 0.5) is 15.8 Å². The molecule has 0 saturated carbocycles. The van der Waals surface area contributed by atoms with Gasteiger partial charge in [0.15, 0.2) is 17.6 Å². The summed E-state index contributed by atoms with van der Waals surface area (Å²) in [6, 6.07) is 19.7. The zero-order valence-electron chi connectivity index (χ0n) is 20.8. The first-order valence-electron chi connectivity index (χ1n) is 12.6. The molecule has 37 heavy (non-hydrogen) atoms. The molecule has 0 radical (unpaired) electrons. The molecule has 0 aliphatic carbocycles. The summed E-state index contributed by atoms with van der Waals surface area (Å²) in [5.41, 5.74) is 1.64. The zero-order chi connectivity index (χ0) is 25.9. The molecule has 0 unspecified atom stereocenters. The Morgan fingerprint density at radius 2 is 1.65 bits per heavy atom. The third kappa shape index (κ3) is 4.64. The predicted molar refractivity (Wildman–Crippen MR) is 137 cm³/mol. The molecule has 7 nitrogen and oxygen atoms in total. The molecule has 3 atom stereocenters. The molecule has 2 aliphatic rings. The number of carbonyl (C=O) groups is 2. The number of anilines is 2. The van der Waals surface area contributed by atoms with Crippen LogP contribution in [0, 0.1) is 11.7 Å². The van der Waals surface area contributed by atoms with Crippen molar-refractivity contribution in [3.63, 3.8) is 0 Å². The van der Waals surface area contributed by atoms with Gasteiger partial charge in [0.2, 0.25) is 5.91 Å². The number of unbranched alkanes of at least 4 members (excludes halogenated alkanes) is 1. The lowest BCUT2D eigenvalue weighted by atomic mass is 9.90. The van der Waals surface area contributed by atoms with E-state index in [0.29, 0.717) is 30.4 Å². The van der Waals surface area contributed by atoms with Crippen LogP contribution in [0.5, 0.6) is 11.5 Å². The average molecular weight is 505 g/mol. The van der Waals surface area contributed by atoms with E-state index in [1.165, 1.54) is 18.2 Å². The molecule has 5 rings (SSSR count). The van der Waals surface area contributed by atoms with Gasteiger partial charge in [-0.05, 0) is 61.4 Å².